The second-order valence-corrected chi connectivity index (χ2v) is 8.47. The molecule has 0 unspecified atom stereocenters. The van der Waals surface area contributed by atoms with Crippen molar-refractivity contribution in [2.75, 3.05) is 23.3 Å². The summed E-state index contributed by atoms with van der Waals surface area (Å²) in [6.07, 6.45) is 2.62. The number of piperidine rings is 1. The molecule has 0 aromatic heterocycles. The molecule has 1 atom stereocenters. The number of hydrogen-bond donors (Lipinski definition) is 2. The van der Waals surface area contributed by atoms with Crippen molar-refractivity contribution in [3.8, 4) is 0 Å². The third kappa shape index (κ3) is 5.35. The van der Waals surface area contributed by atoms with E-state index in [-0.39, 0.29) is 0 Å². The predicted molar refractivity (Wildman–Crippen MR) is 119 cm³/mol. The first-order valence-corrected chi connectivity index (χ1v) is 10.4. The van der Waals surface area contributed by atoms with Crippen molar-refractivity contribution in [1.82, 2.24) is 5.32 Å². The molecule has 1 fully saturated rings. The van der Waals surface area contributed by atoms with Crippen molar-refractivity contribution in [1.29, 1.82) is 0 Å². The molecule has 0 radical (unpaired) electrons. The number of benzene rings is 2. The van der Waals surface area contributed by atoms with Gasteiger partial charge in [0.1, 0.15) is 0 Å². The highest BCUT2D eigenvalue weighted by Crippen LogP contribution is 2.25. The highest BCUT2D eigenvalue weighted by Gasteiger charge is 2.16. The van der Waals surface area contributed by atoms with Crippen molar-refractivity contribution in [2.24, 2.45) is 5.92 Å². The zero-order valence-electron chi connectivity index (χ0n) is 14.8. The molecule has 2 aromatic carbocycles. The summed E-state index contributed by atoms with van der Waals surface area (Å²) >= 11 is 14.9. The second-order valence-electron chi connectivity index (χ2n) is 6.80. The van der Waals surface area contributed by atoms with Gasteiger partial charge >= 0.3 is 0 Å². The molecule has 26 heavy (non-hydrogen) atoms. The molecule has 1 heterocycles. The number of hydrogen-bond acceptors (Lipinski definition) is 2. The van der Waals surface area contributed by atoms with E-state index in [1.165, 1.54) is 24.1 Å². The van der Waals surface area contributed by atoms with E-state index in [4.69, 9.17) is 23.8 Å². The Balaban J connectivity index is 1.51. The van der Waals surface area contributed by atoms with Crippen LogP contribution in [0.1, 0.15) is 25.3 Å². The van der Waals surface area contributed by atoms with Gasteiger partial charge in [-0.1, -0.05) is 30.7 Å². The molecule has 3 nitrogen and oxygen atoms in total. The summed E-state index contributed by atoms with van der Waals surface area (Å²) in [5, 5.41) is 7.63. The number of nitrogens with zero attached hydrogens (tertiary/aromatic N) is 1. The number of nitrogens with one attached hydrogen (secondary N) is 2. The van der Waals surface area contributed by atoms with E-state index in [1.807, 2.05) is 18.2 Å². The van der Waals surface area contributed by atoms with Gasteiger partial charge in [0.2, 0.25) is 0 Å². The average molecular weight is 453 g/mol. The van der Waals surface area contributed by atoms with Gasteiger partial charge in [-0.05, 0) is 82.8 Å². The summed E-state index contributed by atoms with van der Waals surface area (Å²) in [5.74, 6) is 0.778. The second kappa shape index (κ2) is 9.07. The van der Waals surface area contributed by atoms with Crippen LogP contribution in [-0.2, 0) is 6.54 Å². The quantitative estimate of drug-likeness (QED) is 0.571. The Morgan fingerprint density at radius 2 is 2.04 bits per heavy atom. The van der Waals surface area contributed by atoms with Crippen LogP contribution in [0.25, 0.3) is 0 Å². The average Bonchev–Trinajstić information content (AvgIpc) is 2.63. The first kappa shape index (κ1) is 19.5. The largest absolute Gasteiger partial charge is 0.371 e. The summed E-state index contributed by atoms with van der Waals surface area (Å²) < 4.78 is 0.867. The molecule has 0 amide bonds. The minimum Gasteiger partial charge on any atom is -0.371 e. The van der Waals surface area contributed by atoms with Gasteiger partial charge in [0.15, 0.2) is 5.11 Å². The number of halogens is 2. The van der Waals surface area contributed by atoms with E-state index in [0.717, 1.165) is 29.2 Å². The lowest BCUT2D eigenvalue weighted by Crippen LogP contribution is -2.34. The van der Waals surface area contributed by atoms with Crippen molar-refractivity contribution in [3.63, 3.8) is 0 Å². The van der Waals surface area contributed by atoms with Gasteiger partial charge in [-0.25, -0.2) is 0 Å². The van der Waals surface area contributed by atoms with Crippen LogP contribution in [-0.4, -0.2) is 18.2 Å². The minimum absolute atomic E-state index is 0.581. The SMILES string of the molecule is C[C@@H]1CCCN(c2ccc(CNC(=S)Nc3ccc(Br)c(Cl)c3)cc2)C1. The van der Waals surface area contributed by atoms with Gasteiger partial charge in [0, 0.05) is 35.5 Å². The molecule has 2 aromatic rings. The zero-order valence-corrected chi connectivity index (χ0v) is 17.9. The van der Waals surface area contributed by atoms with E-state index in [2.05, 4.69) is 62.7 Å². The molecule has 2 N–H and O–H groups in total. The minimum atomic E-state index is 0.581. The maximum absolute atomic E-state index is 6.10. The molecule has 0 spiro atoms. The van der Waals surface area contributed by atoms with Crippen LogP contribution in [0.4, 0.5) is 11.4 Å². The Kier molecular flexibility index (Phi) is 6.79. The lowest BCUT2D eigenvalue weighted by molar-refractivity contribution is 0.447. The topological polar surface area (TPSA) is 27.3 Å². The van der Waals surface area contributed by atoms with Crippen LogP contribution >= 0.6 is 39.7 Å². The maximum atomic E-state index is 6.10. The molecule has 6 heteroatoms. The zero-order chi connectivity index (χ0) is 18.5. The van der Waals surface area contributed by atoms with Crippen molar-refractivity contribution < 1.29 is 0 Å². The molecule has 1 aliphatic rings. The van der Waals surface area contributed by atoms with E-state index >= 15 is 0 Å². The molecule has 3 rings (SSSR count). The molecular weight excluding hydrogens is 430 g/mol. The van der Waals surface area contributed by atoms with Crippen LogP contribution in [0.3, 0.4) is 0 Å². The lowest BCUT2D eigenvalue weighted by Gasteiger charge is -2.32. The Bertz CT molecular complexity index is 766. The summed E-state index contributed by atoms with van der Waals surface area (Å²) in [4.78, 5) is 2.48. The van der Waals surface area contributed by atoms with Gasteiger partial charge in [0.05, 0.1) is 5.02 Å². The van der Waals surface area contributed by atoms with Gasteiger partial charge in [-0.15, -0.1) is 0 Å². The normalized spacial score (nSPS) is 17.0. The van der Waals surface area contributed by atoms with E-state index in [9.17, 15) is 0 Å². The standard InChI is InChI=1S/C20H23BrClN3S/c1-14-3-2-10-25(13-14)17-7-4-15(5-8-17)12-23-20(26)24-16-6-9-18(21)19(22)11-16/h4-9,11,14H,2-3,10,12-13H2,1H3,(H2,23,24,26)/t14-/m1/s1. The molecule has 0 saturated carbocycles. The van der Waals surface area contributed by atoms with Crippen LogP contribution in [0.5, 0.6) is 0 Å². The molecule has 1 aliphatic heterocycles. The fourth-order valence-corrected chi connectivity index (χ4v) is 3.80. The van der Waals surface area contributed by atoms with Crippen LogP contribution in [0, 0.1) is 5.92 Å². The highest BCUT2D eigenvalue weighted by atomic mass is 79.9. The van der Waals surface area contributed by atoms with Gasteiger partial charge in [-0.2, -0.15) is 0 Å². The summed E-state index contributed by atoms with van der Waals surface area (Å²) in [5.41, 5.74) is 3.38. The summed E-state index contributed by atoms with van der Waals surface area (Å²) in [7, 11) is 0. The van der Waals surface area contributed by atoms with Crippen LogP contribution < -0.4 is 15.5 Å². The van der Waals surface area contributed by atoms with E-state index < -0.39 is 0 Å². The summed E-state index contributed by atoms with van der Waals surface area (Å²) in [6, 6.07) is 14.4. The van der Waals surface area contributed by atoms with E-state index in [0.29, 0.717) is 16.7 Å². The third-order valence-corrected chi connectivity index (χ3v) is 6.07. The highest BCUT2D eigenvalue weighted by molar-refractivity contribution is 9.10. The molecule has 1 saturated heterocycles. The maximum Gasteiger partial charge on any atom is 0.171 e. The Labute approximate surface area is 174 Å². The van der Waals surface area contributed by atoms with Gasteiger partial charge in [-0.3, -0.25) is 0 Å². The summed E-state index contributed by atoms with van der Waals surface area (Å²) in [6.45, 7) is 5.33. The Morgan fingerprint density at radius 3 is 2.73 bits per heavy atom. The van der Waals surface area contributed by atoms with Crippen molar-refractivity contribution in [2.45, 2.75) is 26.3 Å². The third-order valence-electron chi connectivity index (χ3n) is 4.59. The fraction of sp³-hybridized carbons (Fsp3) is 0.350. The molecular formula is C20H23BrClN3S. The number of rotatable bonds is 4. The van der Waals surface area contributed by atoms with Crippen LogP contribution in [0.2, 0.25) is 5.02 Å². The van der Waals surface area contributed by atoms with E-state index in [1.54, 1.807) is 0 Å². The molecule has 0 bridgehead atoms. The molecule has 0 aliphatic carbocycles. The Hall–Kier alpha value is -1.30. The first-order chi connectivity index (χ1) is 12.5. The number of thiocarbonyl (C=S) groups is 1. The van der Waals surface area contributed by atoms with Crippen molar-refractivity contribution in [3.05, 3.63) is 57.5 Å². The first-order valence-electron chi connectivity index (χ1n) is 8.85. The fourth-order valence-electron chi connectivity index (χ4n) is 3.18. The number of anilines is 2. The van der Waals surface area contributed by atoms with Crippen molar-refractivity contribution >= 4 is 56.2 Å². The van der Waals surface area contributed by atoms with Gasteiger partial charge in [0.25, 0.3) is 0 Å². The predicted octanol–water partition coefficient (Wildman–Crippen LogP) is 5.83. The van der Waals surface area contributed by atoms with Gasteiger partial charge < -0.3 is 15.5 Å². The lowest BCUT2D eigenvalue weighted by atomic mass is 9.99. The smallest absolute Gasteiger partial charge is 0.171 e. The monoisotopic (exact) mass is 451 g/mol. The van der Waals surface area contributed by atoms with Crippen LogP contribution in [0.15, 0.2) is 46.9 Å². The molecule has 138 valence electrons. The Morgan fingerprint density at radius 1 is 1.27 bits per heavy atom.